The molecule has 9 nitrogen and oxygen atoms in total. The number of carbonyl (C=O) groups excluding carboxylic acids is 1. The van der Waals surface area contributed by atoms with Crippen LogP contribution in [0.2, 0.25) is 0 Å². The van der Waals surface area contributed by atoms with Crippen molar-refractivity contribution in [3.8, 4) is 0 Å². The van der Waals surface area contributed by atoms with Gasteiger partial charge in [0.05, 0.1) is 42.5 Å². The number of carboxylic acids is 1. The van der Waals surface area contributed by atoms with Gasteiger partial charge >= 0.3 is 11.9 Å². The summed E-state index contributed by atoms with van der Waals surface area (Å²) in [6.45, 7) is 5.52. The van der Waals surface area contributed by atoms with Crippen LogP contribution in [0.5, 0.6) is 0 Å². The number of aliphatic carboxylic acids is 1. The van der Waals surface area contributed by atoms with Crippen LogP contribution in [0, 0.1) is 11.3 Å². The molecule has 0 amide bonds. The fourth-order valence-corrected chi connectivity index (χ4v) is 5.44. The van der Waals surface area contributed by atoms with E-state index in [0.29, 0.717) is 32.1 Å². The van der Waals surface area contributed by atoms with Gasteiger partial charge in [-0.05, 0) is 26.2 Å². The van der Waals surface area contributed by atoms with E-state index in [1.54, 1.807) is 24.3 Å². The van der Waals surface area contributed by atoms with Gasteiger partial charge in [-0.1, -0.05) is 80.2 Å². The first-order valence-corrected chi connectivity index (χ1v) is 14.7. The number of allylic oxidation sites excluding steroid dienone is 6. The minimum absolute atomic E-state index is 0.0213. The lowest BCUT2D eigenvalue weighted by Crippen LogP contribution is -2.55. The maximum atomic E-state index is 12.8. The molecule has 0 radical (unpaired) electrons. The fraction of sp³-hybridized carbons (Fsp3) is 0.576. The molecule has 3 aliphatic heterocycles. The van der Waals surface area contributed by atoms with Crippen LogP contribution in [-0.4, -0.2) is 81.7 Å². The van der Waals surface area contributed by atoms with E-state index in [1.165, 1.54) is 6.08 Å². The molecule has 4 N–H and O–H groups in total. The van der Waals surface area contributed by atoms with E-state index in [9.17, 15) is 24.9 Å². The van der Waals surface area contributed by atoms with E-state index in [0.717, 1.165) is 5.57 Å². The number of rotatable bonds is 6. The zero-order chi connectivity index (χ0) is 30.7. The van der Waals surface area contributed by atoms with Crippen molar-refractivity contribution in [2.45, 2.75) is 102 Å². The van der Waals surface area contributed by atoms with Crippen LogP contribution in [0.4, 0.5) is 0 Å². The molecule has 232 valence electrons. The van der Waals surface area contributed by atoms with Gasteiger partial charge in [0.1, 0.15) is 6.10 Å². The Balaban J connectivity index is 1.82. The summed E-state index contributed by atoms with van der Waals surface area (Å²) in [6, 6.07) is 0. The summed E-state index contributed by atoms with van der Waals surface area (Å²) in [6.07, 6.45) is 18.5. The molecule has 0 aromatic heterocycles. The van der Waals surface area contributed by atoms with E-state index in [2.05, 4.69) is 6.08 Å². The summed E-state index contributed by atoms with van der Waals surface area (Å²) in [5, 5.41) is 39.4. The molecule has 0 aromatic rings. The van der Waals surface area contributed by atoms with Gasteiger partial charge in [0, 0.05) is 31.3 Å². The molecule has 4 bridgehead atoms. The summed E-state index contributed by atoms with van der Waals surface area (Å²) in [5.74, 6) is -1.86. The monoisotopic (exact) mass is 586 g/mol. The summed E-state index contributed by atoms with van der Waals surface area (Å²) >= 11 is 0. The molecule has 2 fully saturated rings. The summed E-state index contributed by atoms with van der Waals surface area (Å²) in [7, 11) is 0. The number of fused-ring (bicyclic) bond motifs is 4. The number of esters is 1. The van der Waals surface area contributed by atoms with Gasteiger partial charge in [-0.25, -0.2) is 9.59 Å². The van der Waals surface area contributed by atoms with Gasteiger partial charge in [-0.15, -0.1) is 0 Å². The topological polar surface area (TPSA) is 143 Å². The first-order chi connectivity index (χ1) is 20.0. The van der Waals surface area contributed by atoms with Crippen molar-refractivity contribution in [1.82, 2.24) is 0 Å². The molecular formula is C33H46O9. The first kappa shape index (κ1) is 33.7. The van der Waals surface area contributed by atoms with Gasteiger partial charge in [0.25, 0.3) is 0 Å². The lowest BCUT2D eigenvalue weighted by molar-refractivity contribution is -0.198. The zero-order valence-corrected chi connectivity index (χ0v) is 24.7. The van der Waals surface area contributed by atoms with Crippen molar-refractivity contribution in [3.05, 3.63) is 72.4 Å². The Morgan fingerprint density at radius 2 is 1.93 bits per heavy atom. The number of carboxylic acid groups (broad SMARTS) is 1. The lowest BCUT2D eigenvalue weighted by Gasteiger charge is -2.47. The summed E-state index contributed by atoms with van der Waals surface area (Å²) < 4.78 is 18.5. The lowest BCUT2D eigenvalue weighted by atomic mass is 9.73. The van der Waals surface area contributed by atoms with Crippen molar-refractivity contribution in [3.63, 3.8) is 0 Å². The van der Waals surface area contributed by atoms with Crippen molar-refractivity contribution >= 4 is 11.9 Å². The minimum atomic E-state index is -1.49. The second-order valence-corrected chi connectivity index (χ2v) is 11.7. The molecule has 0 aromatic carbocycles. The number of hydrogen-bond donors (Lipinski definition) is 4. The smallest absolute Gasteiger partial charge is 0.332 e. The van der Waals surface area contributed by atoms with E-state index >= 15 is 0 Å². The number of hydrogen-bond acceptors (Lipinski definition) is 8. The van der Waals surface area contributed by atoms with Gasteiger partial charge in [0.2, 0.25) is 0 Å². The SMILES string of the molecule is C/C1=C/[C@H]2O[C@@H](C/C=C\C=C/C(=O)O[C@@H]3C[C@@H](/C=C\CC=C1)O[C@@H](CC=CC[C@@H](O)C(=O)O)[C@]3(C)CO)C[C@H](O)[C@H]2C. The highest BCUT2D eigenvalue weighted by Crippen LogP contribution is 2.41. The van der Waals surface area contributed by atoms with Gasteiger partial charge in [-0.3, -0.25) is 0 Å². The van der Waals surface area contributed by atoms with Crippen LogP contribution in [0.25, 0.3) is 0 Å². The third-order valence-electron chi connectivity index (χ3n) is 8.31. The molecular weight excluding hydrogens is 540 g/mol. The minimum Gasteiger partial charge on any atom is -0.479 e. The quantitative estimate of drug-likeness (QED) is 0.269. The fourth-order valence-electron chi connectivity index (χ4n) is 5.44. The second-order valence-electron chi connectivity index (χ2n) is 11.7. The van der Waals surface area contributed by atoms with E-state index in [-0.39, 0.29) is 37.3 Å². The predicted molar refractivity (Wildman–Crippen MR) is 158 cm³/mol. The third-order valence-corrected chi connectivity index (χ3v) is 8.31. The Morgan fingerprint density at radius 1 is 1.14 bits per heavy atom. The van der Waals surface area contributed by atoms with Crippen LogP contribution < -0.4 is 0 Å². The zero-order valence-electron chi connectivity index (χ0n) is 24.7. The highest BCUT2D eigenvalue weighted by molar-refractivity contribution is 5.82. The van der Waals surface area contributed by atoms with Gasteiger partial charge < -0.3 is 34.6 Å². The van der Waals surface area contributed by atoms with Crippen molar-refractivity contribution < 1.29 is 44.2 Å². The highest BCUT2D eigenvalue weighted by Gasteiger charge is 2.49. The molecule has 0 aliphatic carbocycles. The Morgan fingerprint density at radius 3 is 2.67 bits per heavy atom. The van der Waals surface area contributed by atoms with Crippen molar-refractivity contribution in [2.24, 2.45) is 11.3 Å². The number of ether oxygens (including phenoxy) is 3. The van der Waals surface area contributed by atoms with Crippen LogP contribution in [-0.2, 0) is 23.8 Å². The Labute approximate surface area is 248 Å². The third kappa shape index (κ3) is 9.61. The summed E-state index contributed by atoms with van der Waals surface area (Å²) in [4.78, 5) is 23.7. The maximum absolute atomic E-state index is 12.8. The van der Waals surface area contributed by atoms with Crippen LogP contribution >= 0.6 is 0 Å². The first-order valence-electron chi connectivity index (χ1n) is 14.7. The molecule has 0 spiro atoms. The Bertz CT molecular complexity index is 1090. The standard InChI is InChI=1S/C33H46O9/c1-22-12-6-4-7-14-25-20-30(33(3,21-34)29(41-25)16-11-10-15-26(35)32(38)39)42-31(37)17-9-5-8-13-24-19-27(36)23(2)28(18-22)40-24/h5-12,14,17-18,23-30,34-36H,4,13,15-16,19-21H2,1-3H3,(H,38,39)/b8-5-,11-10?,12-6?,14-7-,17-9-,22-18-/t23-,24+,25-,26-,27+,28-,29+,30-,33+/m1/s1. The Hall–Kier alpha value is -2.82. The predicted octanol–water partition coefficient (Wildman–Crippen LogP) is 3.96. The van der Waals surface area contributed by atoms with E-state index < -0.39 is 41.8 Å². The molecule has 3 rings (SSSR count). The molecule has 9 heteroatoms. The van der Waals surface area contributed by atoms with Crippen LogP contribution in [0.3, 0.4) is 0 Å². The molecule has 0 unspecified atom stereocenters. The van der Waals surface area contributed by atoms with Gasteiger partial charge in [0.15, 0.2) is 6.10 Å². The molecule has 3 heterocycles. The number of carbonyl (C=O) groups is 2. The molecule has 9 atom stereocenters. The molecule has 0 saturated carbocycles. The average Bonchev–Trinajstić information content (AvgIpc) is 2.94. The number of aliphatic hydroxyl groups is 3. The van der Waals surface area contributed by atoms with E-state index in [1.807, 2.05) is 51.2 Å². The molecule has 42 heavy (non-hydrogen) atoms. The normalized spacial score (nSPS) is 39.0. The van der Waals surface area contributed by atoms with Crippen molar-refractivity contribution in [2.75, 3.05) is 6.61 Å². The second kappa shape index (κ2) is 16.1. The number of aliphatic hydroxyl groups excluding tert-OH is 3. The highest BCUT2D eigenvalue weighted by atomic mass is 16.6. The van der Waals surface area contributed by atoms with Gasteiger partial charge in [-0.2, -0.15) is 0 Å². The maximum Gasteiger partial charge on any atom is 0.332 e. The molecule has 2 saturated heterocycles. The Kier molecular flexibility index (Phi) is 12.9. The molecule has 3 aliphatic rings. The average molecular weight is 587 g/mol. The van der Waals surface area contributed by atoms with Crippen LogP contribution in [0.15, 0.2) is 72.4 Å². The summed E-state index contributed by atoms with van der Waals surface area (Å²) in [5.41, 5.74) is 0.130. The van der Waals surface area contributed by atoms with E-state index in [4.69, 9.17) is 19.3 Å². The van der Waals surface area contributed by atoms with Crippen LogP contribution in [0.1, 0.15) is 59.3 Å². The largest absolute Gasteiger partial charge is 0.479 e. The van der Waals surface area contributed by atoms with Crippen molar-refractivity contribution in [1.29, 1.82) is 0 Å².